The van der Waals surface area contributed by atoms with Gasteiger partial charge in [-0.3, -0.25) is 4.57 Å². The molecular formula is C17H20N6O. The number of benzene rings is 1. The molecule has 0 spiro atoms. The Kier molecular flexibility index (Phi) is 4.90. The van der Waals surface area contributed by atoms with E-state index in [1.54, 1.807) is 23.7 Å². The van der Waals surface area contributed by atoms with Crippen molar-refractivity contribution in [1.29, 1.82) is 0 Å². The number of rotatable bonds is 6. The summed E-state index contributed by atoms with van der Waals surface area (Å²) in [7, 11) is 3.76. The molecule has 2 heterocycles. The molecule has 0 unspecified atom stereocenters. The molecule has 0 atom stereocenters. The summed E-state index contributed by atoms with van der Waals surface area (Å²) in [5, 5.41) is 6.28. The number of hydrazone groups is 1. The number of aromatic nitrogens is 4. The molecule has 3 aromatic rings. The number of hydrogen-bond donors (Lipinski definition) is 0. The van der Waals surface area contributed by atoms with E-state index >= 15 is 0 Å². The maximum Gasteiger partial charge on any atom is 0.201 e. The lowest BCUT2D eigenvalue weighted by Crippen LogP contribution is -2.22. The Morgan fingerprint density at radius 3 is 2.71 bits per heavy atom. The normalized spacial score (nSPS) is 11.5. The Bertz CT molecular complexity index is 777. The summed E-state index contributed by atoms with van der Waals surface area (Å²) in [5.74, 6) is 2.33. The van der Waals surface area contributed by atoms with Crippen molar-refractivity contribution in [2.24, 2.45) is 5.10 Å². The number of hydrogen-bond acceptors (Lipinski definition) is 5. The first-order valence-corrected chi connectivity index (χ1v) is 7.67. The lowest BCUT2D eigenvalue weighted by Gasteiger charge is -2.13. The van der Waals surface area contributed by atoms with Crippen LogP contribution in [0, 0.1) is 0 Å². The van der Waals surface area contributed by atoms with Gasteiger partial charge in [0.15, 0.2) is 5.82 Å². The Balaban J connectivity index is 1.76. The average molecular weight is 324 g/mol. The Labute approximate surface area is 140 Å². The van der Waals surface area contributed by atoms with Gasteiger partial charge >= 0.3 is 0 Å². The minimum Gasteiger partial charge on any atom is -0.492 e. The first kappa shape index (κ1) is 15.8. The molecule has 0 aliphatic heterocycles. The van der Waals surface area contributed by atoms with Gasteiger partial charge in [-0.05, 0) is 12.1 Å². The van der Waals surface area contributed by atoms with Crippen LogP contribution in [0.5, 0.6) is 5.75 Å². The maximum absolute atomic E-state index is 5.77. The highest BCUT2D eigenvalue weighted by atomic mass is 16.5. The number of para-hydroxylation sites is 1. The highest BCUT2D eigenvalue weighted by Gasteiger charge is 2.13. The molecule has 0 radical (unpaired) electrons. The lowest BCUT2D eigenvalue weighted by atomic mass is 10.3. The first-order valence-electron chi connectivity index (χ1n) is 7.67. The minimum atomic E-state index is 0.548. The molecule has 7 nitrogen and oxygen atoms in total. The fraction of sp³-hybridized carbons (Fsp3) is 0.235. The zero-order valence-electron chi connectivity index (χ0n) is 13.8. The SMILES string of the molecule is CN(C)N=C(c1nccn1CCOc1ccccc1)n1ccnc1. The van der Waals surface area contributed by atoms with E-state index in [0.717, 1.165) is 11.6 Å². The molecular weight excluding hydrogens is 304 g/mol. The van der Waals surface area contributed by atoms with Crippen LogP contribution in [0.15, 0.2) is 66.5 Å². The molecule has 7 heteroatoms. The van der Waals surface area contributed by atoms with Crippen LogP contribution in [-0.2, 0) is 6.54 Å². The van der Waals surface area contributed by atoms with E-state index in [-0.39, 0.29) is 0 Å². The van der Waals surface area contributed by atoms with Crippen LogP contribution in [-0.4, -0.2) is 50.6 Å². The van der Waals surface area contributed by atoms with Crippen LogP contribution in [0.2, 0.25) is 0 Å². The van der Waals surface area contributed by atoms with Crippen LogP contribution in [0.4, 0.5) is 0 Å². The van der Waals surface area contributed by atoms with Crippen LogP contribution >= 0.6 is 0 Å². The molecule has 0 N–H and O–H groups in total. The minimum absolute atomic E-state index is 0.548. The van der Waals surface area contributed by atoms with Crippen LogP contribution in [0.3, 0.4) is 0 Å². The van der Waals surface area contributed by atoms with E-state index in [4.69, 9.17) is 4.74 Å². The van der Waals surface area contributed by atoms with Gasteiger partial charge in [-0.1, -0.05) is 18.2 Å². The first-order chi connectivity index (χ1) is 11.7. The van der Waals surface area contributed by atoms with Crippen molar-refractivity contribution < 1.29 is 4.74 Å². The van der Waals surface area contributed by atoms with Gasteiger partial charge in [0, 0.05) is 38.9 Å². The maximum atomic E-state index is 5.77. The summed E-state index contributed by atoms with van der Waals surface area (Å²) >= 11 is 0. The second-order valence-corrected chi connectivity index (χ2v) is 5.35. The van der Waals surface area contributed by atoms with Gasteiger partial charge in [0.2, 0.25) is 5.84 Å². The standard InChI is InChI=1S/C17H20N6O/c1-21(2)20-17(23-10-8-18-14-23)16-19-9-11-22(16)12-13-24-15-6-4-3-5-7-15/h3-11,14H,12-13H2,1-2H3. The summed E-state index contributed by atoms with van der Waals surface area (Å²) in [6.07, 6.45) is 8.96. The molecule has 24 heavy (non-hydrogen) atoms. The zero-order chi connectivity index (χ0) is 16.8. The molecule has 0 aliphatic rings. The van der Waals surface area contributed by atoms with E-state index in [1.807, 2.05) is 66.0 Å². The molecule has 0 bridgehead atoms. The largest absolute Gasteiger partial charge is 0.492 e. The van der Waals surface area contributed by atoms with E-state index in [9.17, 15) is 0 Å². The molecule has 0 amide bonds. The molecule has 0 aliphatic carbocycles. The van der Waals surface area contributed by atoms with Crippen molar-refractivity contribution in [1.82, 2.24) is 24.1 Å². The molecule has 2 aromatic heterocycles. The van der Waals surface area contributed by atoms with Gasteiger partial charge in [-0.2, -0.15) is 5.10 Å². The predicted molar refractivity (Wildman–Crippen MR) is 92.0 cm³/mol. The molecule has 0 saturated heterocycles. The highest BCUT2D eigenvalue weighted by Crippen LogP contribution is 2.09. The smallest absolute Gasteiger partial charge is 0.201 e. The van der Waals surface area contributed by atoms with Crippen LogP contribution in [0.25, 0.3) is 0 Å². The van der Waals surface area contributed by atoms with Crippen molar-refractivity contribution in [3.05, 3.63) is 67.3 Å². The molecule has 3 rings (SSSR count). The fourth-order valence-corrected chi connectivity index (χ4v) is 2.26. The Hall–Kier alpha value is -3.09. The van der Waals surface area contributed by atoms with Crippen LogP contribution in [0.1, 0.15) is 5.82 Å². The topological polar surface area (TPSA) is 60.5 Å². The van der Waals surface area contributed by atoms with Crippen LogP contribution < -0.4 is 4.74 Å². The summed E-state index contributed by atoms with van der Waals surface area (Å²) < 4.78 is 9.63. The van der Waals surface area contributed by atoms with E-state index in [0.29, 0.717) is 19.0 Å². The monoisotopic (exact) mass is 324 g/mol. The second-order valence-electron chi connectivity index (χ2n) is 5.35. The van der Waals surface area contributed by atoms with E-state index < -0.39 is 0 Å². The van der Waals surface area contributed by atoms with Gasteiger partial charge in [0.1, 0.15) is 18.7 Å². The number of nitrogens with zero attached hydrogens (tertiary/aromatic N) is 6. The van der Waals surface area contributed by atoms with Crippen molar-refractivity contribution in [2.75, 3.05) is 20.7 Å². The number of imidazole rings is 2. The van der Waals surface area contributed by atoms with Gasteiger partial charge in [0.25, 0.3) is 0 Å². The Morgan fingerprint density at radius 2 is 2.00 bits per heavy atom. The number of ether oxygens (including phenoxy) is 1. The molecule has 0 saturated carbocycles. The van der Waals surface area contributed by atoms with Gasteiger partial charge in [-0.15, -0.1) is 0 Å². The van der Waals surface area contributed by atoms with Gasteiger partial charge in [0.05, 0.1) is 6.54 Å². The van der Waals surface area contributed by atoms with E-state index in [2.05, 4.69) is 15.1 Å². The average Bonchev–Trinajstić information content (AvgIpc) is 3.25. The third kappa shape index (κ3) is 3.81. The van der Waals surface area contributed by atoms with Gasteiger partial charge < -0.3 is 14.3 Å². The lowest BCUT2D eigenvalue weighted by molar-refractivity contribution is 0.298. The third-order valence-corrected chi connectivity index (χ3v) is 3.30. The van der Waals surface area contributed by atoms with Crippen molar-refractivity contribution in [3.8, 4) is 5.75 Å². The predicted octanol–water partition coefficient (Wildman–Crippen LogP) is 1.93. The zero-order valence-corrected chi connectivity index (χ0v) is 13.8. The van der Waals surface area contributed by atoms with Crippen molar-refractivity contribution >= 4 is 5.84 Å². The molecule has 0 fully saturated rings. The second kappa shape index (κ2) is 7.45. The third-order valence-electron chi connectivity index (χ3n) is 3.30. The Morgan fingerprint density at radius 1 is 1.17 bits per heavy atom. The van der Waals surface area contributed by atoms with Crippen molar-refractivity contribution in [3.63, 3.8) is 0 Å². The summed E-state index contributed by atoms with van der Waals surface area (Å²) in [5.41, 5.74) is 0. The highest BCUT2D eigenvalue weighted by molar-refractivity contribution is 5.97. The molecule has 124 valence electrons. The molecule has 1 aromatic carbocycles. The summed E-state index contributed by atoms with van der Waals surface area (Å²) in [6, 6.07) is 9.77. The van der Waals surface area contributed by atoms with E-state index in [1.165, 1.54) is 0 Å². The summed E-state index contributed by atoms with van der Waals surface area (Å²) in [6.45, 7) is 1.22. The summed E-state index contributed by atoms with van der Waals surface area (Å²) in [4.78, 5) is 8.55. The van der Waals surface area contributed by atoms with Gasteiger partial charge in [-0.25, -0.2) is 9.97 Å². The quantitative estimate of drug-likeness (QED) is 0.395. The fourth-order valence-electron chi connectivity index (χ4n) is 2.26. The van der Waals surface area contributed by atoms with Crippen molar-refractivity contribution in [2.45, 2.75) is 6.54 Å².